The van der Waals surface area contributed by atoms with Crippen molar-refractivity contribution in [1.29, 1.82) is 0 Å². The number of halogens is 1. The third-order valence-corrected chi connectivity index (χ3v) is 4.14. The van der Waals surface area contributed by atoms with E-state index in [2.05, 4.69) is 10.3 Å². The average molecular weight is 369 g/mol. The number of benzene rings is 1. The summed E-state index contributed by atoms with van der Waals surface area (Å²) in [7, 11) is 1.54. The normalized spacial score (nSPS) is 12.1. The Morgan fingerprint density at radius 3 is 2.74 bits per heavy atom. The van der Waals surface area contributed by atoms with E-state index >= 15 is 0 Å². The molecule has 6 nitrogen and oxygen atoms in total. The van der Waals surface area contributed by atoms with E-state index in [4.69, 9.17) is 4.74 Å². The van der Waals surface area contributed by atoms with Crippen molar-refractivity contribution in [1.82, 2.24) is 14.9 Å². The Bertz CT molecular complexity index is 1020. The molecule has 140 valence electrons. The molecule has 0 fully saturated rings. The Balaban J connectivity index is 2.05. The van der Waals surface area contributed by atoms with Crippen molar-refractivity contribution in [2.45, 2.75) is 19.5 Å². The van der Waals surface area contributed by atoms with Gasteiger partial charge in [0, 0.05) is 24.7 Å². The lowest BCUT2D eigenvalue weighted by molar-refractivity contribution is 0.0903. The average Bonchev–Trinajstić information content (AvgIpc) is 2.65. The van der Waals surface area contributed by atoms with Gasteiger partial charge in [0.1, 0.15) is 17.0 Å². The zero-order valence-corrected chi connectivity index (χ0v) is 15.1. The van der Waals surface area contributed by atoms with Crippen LogP contribution in [-0.2, 0) is 11.3 Å². The van der Waals surface area contributed by atoms with Crippen LogP contribution < -0.4 is 10.9 Å². The van der Waals surface area contributed by atoms with E-state index in [1.165, 1.54) is 16.7 Å². The van der Waals surface area contributed by atoms with E-state index in [0.29, 0.717) is 17.6 Å². The number of aromatic nitrogens is 2. The number of carbonyl (C=O) groups excluding carboxylic acids is 1. The molecule has 1 N–H and O–H groups in total. The number of hydrogen-bond donors (Lipinski definition) is 1. The quantitative estimate of drug-likeness (QED) is 0.724. The lowest BCUT2D eigenvalue weighted by Gasteiger charge is -2.15. The molecule has 0 unspecified atom stereocenters. The van der Waals surface area contributed by atoms with E-state index in [9.17, 15) is 14.0 Å². The van der Waals surface area contributed by atoms with Gasteiger partial charge in [0.05, 0.1) is 13.2 Å². The number of carbonyl (C=O) groups is 1. The molecule has 27 heavy (non-hydrogen) atoms. The molecule has 0 aliphatic heterocycles. The number of nitrogens with one attached hydrogen (secondary N) is 1. The summed E-state index contributed by atoms with van der Waals surface area (Å²) in [6.07, 6.45) is 1.59. The summed E-state index contributed by atoms with van der Waals surface area (Å²) >= 11 is 0. The maximum absolute atomic E-state index is 13.2. The third kappa shape index (κ3) is 4.20. The number of rotatable bonds is 6. The Labute approximate surface area is 155 Å². The summed E-state index contributed by atoms with van der Waals surface area (Å²) in [6.45, 7) is 2.31. The van der Waals surface area contributed by atoms with Crippen molar-refractivity contribution in [3.05, 3.63) is 76.0 Å². The van der Waals surface area contributed by atoms with Crippen LogP contribution in [0.5, 0.6) is 0 Å². The van der Waals surface area contributed by atoms with Gasteiger partial charge in [-0.25, -0.2) is 9.37 Å². The zero-order valence-electron chi connectivity index (χ0n) is 15.1. The number of fused-ring (bicyclic) bond motifs is 1. The first-order valence-corrected chi connectivity index (χ1v) is 8.52. The number of pyridine rings is 2. The first-order chi connectivity index (χ1) is 13.0. The second-order valence-corrected chi connectivity index (χ2v) is 6.32. The molecule has 3 rings (SSSR count). The molecular formula is C20H20FN3O3. The molecule has 1 amide bonds. The monoisotopic (exact) mass is 369 g/mol. The molecule has 0 saturated carbocycles. The van der Waals surface area contributed by atoms with Crippen LogP contribution in [0.25, 0.3) is 11.0 Å². The van der Waals surface area contributed by atoms with Crippen molar-refractivity contribution in [3.8, 4) is 0 Å². The highest BCUT2D eigenvalue weighted by Crippen LogP contribution is 2.13. The summed E-state index contributed by atoms with van der Waals surface area (Å²) < 4.78 is 19.6. The summed E-state index contributed by atoms with van der Waals surface area (Å²) in [6, 6.07) is 10.7. The molecule has 2 aromatic heterocycles. The predicted octanol–water partition coefficient (Wildman–Crippen LogP) is 2.35. The van der Waals surface area contributed by atoms with Crippen LogP contribution >= 0.6 is 0 Å². The van der Waals surface area contributed by atoms with E-state index in [1.807, 2.05) is 0 Å². The minimum atomic E-state index is -0.469. The molecule has 0 radical (unpaired) electrons. The van der Waals surface area contributed by atoms with E-state index < -0.39 is 11.5 Å². The number of nitrogens with zero attached hydrogens (tertiary/aromatic N) is 2. The smallest absolute Gasteiger partial charge is 0.265 e. The maximum Gasteiger partial charge on any atom is 0.265 e. The number of hydrogen-bond acceptors (Lipinski definition) is 4. The fourth-order valence-electron chi connectivity index (χ4n) is 2.88. The highest BCUT2D eigenvalue weighted by atomic mass is 19.1. The van der Waals surface area contributed by atoms with Gasteiger partial charge in [-0.3, -0.25) is 14.2 Å². The standard InChI is InChI=1S/C20H20FN3O3/c1-13(12-27-2)23-19(25)17-10-15-4-3-9-22-18(15)24(20(17)26)11-14-5-7-16(21)8-6-14/h3-10,13H,11-12H2,1-2H3,(H,23,25)/t13-/m1/s1. The molecule has 2 heterocycles. The fourth-order valence-corrected chi connectivity index (χ4v) is 2.88. The number of ether oxygens (including phenoxy) is 1. The van der Waals surface area contributed by atoms with Gasteiger partial charge in [-0.1, -0.05) is 12.1 Å². The third-order valence-electron chi connectivity index (χ3n) is 4.14. The Kier molecular flexibility index (Phi) is 5.61. The zero-order chi connectivity index (χ0) is 19.4. The highest BCUT2D eigenvalue weighted by Gasteiger charge is 2.18. The van der Waals surface area contributed by atoms with E-state index in [-0.39, 0.29) is 24.0 Å². The molecule has 3 aromatic rings. The van der Waals surface area contributed by atoms with Gasteiger partial charge in [0.25, 0.3) is 11.5 Å². The van der Waals surface area contributed by atoms with Crippen molar-refractivity contribution < 1.29 is 13.9 Å². The summed E-state index contributed by atoms with van der Waals surface area (Å²) in [4.78, 5) is 29.9. The Morgan fingerprint density at radius 1 is 1.30 bits per heavy atom. The lowest BCUT2D eigenvalue weighted by atomic mass is 10.1. The lowest BCUT2D eigenvalue weighted by Crippen LogP contribution is -2.39. The van der Waals surface area contributed by atoms with Crippen molar-refractivity contribution >= 4 is 16.9 Å². The van der Waals surface area contributed by atoms with E-state index in [1.54, 1.807) is 50.6 Å². The summed E-state index contributed by atoms with van der Waals surface area (Å²) in [5, 5.41) is 3.42. The first-order valence-electron chi connectivity index (χ1n) is 8.52. The van der Waals surface area contributed by atoms with Crippen LogP contribution in [0, 0.1) is 5.82 Å². The van der Waals surface area contributed by atoms with E-state index in [0.717, 1.165) is 5.56 Å². The van der Waals surface area contributed by atoms with Gasteiger partial charge >= 0.3 is 0 Å². The largest absolute Gasteiger partial charge is 0.383 e. The fraction of sp³-hybridized carbons (Fsp3) is 0.250. The van der Waals surface area contributed by atoms with Gasteiger partial charge in [-0.15, -0.1) is 0 Å². The topological polar surface area (TPSA) is 73.2 Å². The van der Waals surface area contributed by atoms with Gasteiger partial charge in [-0.05, 0) is 42.8 Å². The van der Waals surface area contributed by atoms with Crippen molar-refractivity contribution in [2.24, 2.45) is 0 Å². The molecule has 0 bridgehead atoms. The van der Waals surface area contributed by atoms with Crippen molar-refractivity contribution in [2.75, 3.05) is 13.7 Å². The second kappa shape index (κ2) is 8.09. The molecular weight excluding hydrogens is 349 g/mol. The van der Waals surface area contributed by atoms with Crippen LogP contribution in [-0.4, -0.2) is 35.2 Å². The molecule has 1 aromatic carbocycles. The van der Waals surface area contributed by atoms with Gasteiger partial charge in [0.15, 0.2) is 0 Å². The first kappa shape index (κ1) is 18.7. The molecule has 0 aliphatic carbocycles. The van der Waals surface area contributed by atoms with Gasteiger partial charge in [-0.2, -0.15) is 0 Å². The SMILES string of the molecule is COC[C@@H](C)NC(=O)c1cc2cccnc2n(Cc2ccc(F)cc2)c1=O. The maximum atomic E-state index is 13.2. The Morgan fingerprint density at radius 2 is 2.04 bits per heavy atom. The van der Waals surface area contributed by atoms with Crippen LogP contribution in [0.1, 0.15) is 22.8 Å². The molecule has 0 aliphatic rings. The molecule has 0 saturated heterocycles. The van der Waals surface area contributed by atoms with Crippen LogP contribution in [0.4, 0.5) is 4.39 Å². The van der Waals surface area contributed by atoms with Crippen LogP contribution in [0.15, 0.2) is 53.5 Å². The molecule has 0 spiro atoms. The molecule has 7 heteroatoms. The van der Waals surface area contributed by atoms with Gasteiger partial charge < -0.3 is 10.1 Å². The summed E-state index contributed by atoms with van der Waals surface area (Å²) in [5.41, 5.74) is 0.775. The summed E-state index contributed by atoms with van der Waals surface area (Å²) in [5.74, 6) is -0.822. The van der Waals surface area contributed by atoms with Crippen LogP contribution in [0.3, 0.4) is 0 Å². The minimum Gasteiger partial charge on any atom is -0.383 e. The number of methoxy groups -OCH3 is 1. The minimum absolute atomic E-state index is 0.0283. The highest BCUT2D eigenvalue weighted by molar-refractivity contribution is 5.97. The van der Waals surface area contributed by atoms with Crippen LogP contribution in [0.2, 0.25) is 0 Å². The Hall–Kier alpha value is -3.06. The second-order valence-electron chi connectivity index (χ2n) is 6.32. The molecule has 1 atom stereocenters. The number of amides is 1. The van der Waals surface area contributed by atoms with Crippen molar-refractivity contribution in [3.63, 3.8) is 0 Å². The predicted molar refractivity (Wildman–Crippen MR) is 100 cm³/mol. The van der Waals surface area contributed by atoms with Gasteiger partial charge in [0.2, 0.25) is 0 Å².